The second-order valence-corrected chi connectivity index (χ2v) is 1.46. The predicted molar refractivity (Wildman–Crippen MR) is 28.6 cm³/mol. The number of carbonyl (C=O) groups is 1. The largest absolute Gasteiger partial charge is 0.480 e. The summed E-state index contributed by atoms with van der Waals surface area (Å²) in [6.45, 7) is -0.623. The van der Waals surface area contributed by atoms with E-state index in [2.05, 4.69) is 4.84 Å². The first-order valence-electron chi connectivity index (χ1n) is 2.29. The van der Waals surface area contributed by atoms with Crippen LogP contribution in [-0.4, -0.2) is 28.8 Å². The van der Waals surface area contributed by atoms with Gasteiger partial charge in [-0.1, -0.05) is 0 Å². The minimum atomic E-state index is -1.34. The SMILES string of the molecule is N[C@H](CO[N+](=O)[O-])C(=O)O. The Morgan fingerprint density at radius 3 is 2.70 bits per heavy atom. The fourth-order valence-electron chi connectivity index (χ4n) is 0.212. The van der Waals surface area contributed by atoms with Gasteiger partial charge in [-0.15, -0.1) is 10.1 Å². The van der Waals surface area contributed by atoms with Gasteiger partial charge in [-0.25, -0.2) is 0 Å². The van der Waals surface area contributed by atoms with Crippen molar-refractivity contribution in [3.8, 4) is 0 Å². The Balaban J connectivity index is 3.49. The molecule has 0 aromatic carbocycles. The molecular weight excluding hydrogens is 144 g/mol. The van der Waals surface area contributed by atoms with E-state index in [1.807, 2.05) is 0 Å². The molecule has 0 aromatic rings. The third kappa shape index (κ3) is 3.61. The van der Waals surface area contributed by atoms with E-state index in [1.165, 1.54) is 0 Å². The zero-order valence-electron chi connectivity index (χ0n) is 4.89. The van der Waals surface area contributed by atoms with Gasteiger partial charge in [0.05, 0.1) is 0 Å². The van der Waals surface area contributed by atoms with Crippen LogP contribution >= 0.6 is 0 Å². The van der Waals surface area contributed by atoms with Crippen molar-refractivity contribution in [3.05, 3.63) is 10.1 Å². The van der Waals surface area contributed by atoms with Crippen LogP contribution in [-0.2, 0) is 9.63 Å². The first-order valence-corrected chi connectivity index (χ1v) is 2.29. The van der Waals surface area contributed by atoms with Gasteiger partial charge in [-0.05, 0) is 0 Å². The van der Waals surface area contributed by atoms with Crippen molar-refractivity contribution in [3.63, 3.8) is 0 Å². The molecule has 0 spiro atoms. The van der Waals surface area contributed by atoms with Crippen LogP contribution in [0.4, 0.5) is 0 Å². The molecule has 0 aliphatic rings. The van der Waals surface area contributed by atoms with Gasteiger partial charge in [0.15, 0.2) is 0 Å². The molecule has 0 heterocycles. The average molecular weight is 150 g/mol. The Morgan fingerprint density at radius 2 is 2.40 bits per heavy atom. The van der Waals surface area contributed by atoms with E-state index in [0.29, 0.717) is 0 Å². The monoisotopic (exact) mass is 150 g/mol. The van der Waals surface area contributed by atoms with Gasteiger partial charge >= 0.3 is 5.97 Å². The van der Waals surface area contributed by atoms with Gasteiger partial charge in [-0.3, -0.25) is 4.79 Å². The maximum atomic E-state index is 9.88. The predicted octanol–water partition coefficient (Wildman–Crippen LogP) is -1.39. The van der Waals surface area contributed by atoms with Gasteiger partial charge in [-0.2, -0.15) is 0 Å². The van der Waals surface area contributed by atoms with Crippen molar-refractivity contribution in [1.82, 2.24) is 0 Å². The maximum absolute atomic E-state index is 9.88. The summed E-state index contributed by atoms with van der Waals surface area (Å²) in [5.41, 5.74) is 4.84. The van der Waals surface area contributed by atoms with Crippen molar-refractivity contribution in [2.75, 3.05) is 6.61 Å². The minimum absolute atomic E-state index is 0.623. The van der Waals surface area contributed by atoms with Crippen molar-refractivity contribution in [1.29, 1.82) is 0 Å². The van der Waals surface area contributed by atoms with E-state index >= 15 is 0 Å². The Morgan fingerprint density at radius 1 is 1.90 bits per heavy atom. The third-order valence-electron chi connectivity index (χ3n) is 0.677. The summed E-state index contributed by atoms with van der Waals surface area (Å²) in [6.07, 6.45) is 0. The molecule has 0 unspecified atom stereocenters. The maximum Gasteiger partial charge on any atom is 0.322 e. The Hall–Kier alpha value is -1.37. The normalized spacial score (nSPS) is 12.1. The van der Waals surface area contributed by atoms with Gasteiger partial charge in [0.25, 0.3) is 5.09 Å². The standard InChI is InChI=1S/C3H6N2O5/c4-2(3(6)7)1-10-5(8)9/h2H,1,4H2,(H,6,7)/t2-/m1/s1. The van der Waals surface area contributed by atoms with Crippen LogP contribution in [0.1, 0.15) is 0 Å². The van der Waals surface area contributed by atoms with Crippen molar-refractivity contribution in [2.45, 2.75) is 6.04 Å². The third-order valence-corrected chi connectivity index (χ3v) is 0.677. The molecule has 1 atom stereocenters. The molecular formula is C3H6N2O5. The highest BCUT2D eigenvalue weighted by Gasteiger charge is 2.12. The fraction of sp³-hybridized carbons (Fsp3) is 0.667. The lowest BCUT2D eigenvalue weighted by Crippen LogP contribution is -2.35. The van der Waals surface area contributed by atoms with Gasteiger partial charge < -0.3 is 15.7 Å². The van der Waals surface area contributed by atoms with Crippen molar-refractivity contribution >= 4 is 5.97 Å². The first kappa shape index (κ1) is 8.63. The summed E-state index contributed by atoms with van der Waals surface area (Å²) in [4.78, 5) is 23.0. The van der Waals surface area contributed by atoms with Crippen LogP contribution in [0, 0.1) is 10.1 Å². The quantitative estimate of drug-likeness (QED) is 0.376. The summed E-state index contributed by atoms with van der Waals surface area (Å²) in [6, 6.07) is -1.34. The second-order valence-electron chi connectivity index (χ2n) is 1.46. The van der Waals surface area contributed by atoms with Gasteiger partial charge in [0, 0.05) is 0 Å². The number of hydrogen-bond acceptors (Lipinski definition) is 5. The number of nitrogens with two attached hydrogens (primary N) is 1. The molecule has 0 rings (SSSR count). The van der Waals surface area contributed by atoms with E-state index in [-0.39, 0.29) is 0 Å². The lowest BCUT2D eigenvalue weighted by Gasteiger charge is -2.02. The zero-order valence-corrected chi connectivity index (χ0v) is 4.89. The summed E-state index contributed by atoms with van der Waals surface area (Å²) in [5.74, 6) is -1.33. The highest BCUT2D eigenvalue weighted by Crippen LogP contribution is 1.81. The number of carboxylic acids is 1. The molecule has 0 aromatic heterocycles. The van der Waals surface area contributed by atoms with Gasteiger partial charge in [0.2, 0.25) is 0 Å². The molecule has 58 valence electrons. The molecule has 0 saturated heterocycles. The van der Waals surface area contributed by atoms with E-state index in [9.17, 15) is 14.9 Å². The van der Waals surface area contributed by atoms with Crippen LogP contribution in [0.25, 0.3) is 0 Å². The van der Waals surface area contributed by atoms with E-state index in [0.717, 1.165) is 0 Å². The molecule has 0 fully saturated rings. The Bertz CT molecular complexity index is 146. The van der Waals surface area contributed by atoms with Crippen LogP contribution in [0.3, 0.4) is 0 Å². The number of hydrogen-bond donors (Lipinski definition) is 2. The summed E-state index contributed by atoms with van der Waals surface area (Å²) >= 11 is 0. The number of aliphatic carboxylic acids is 1. The molecule has 0 radical (unpaired) electrons. The number of rotatable bonds is 4. The van der Waals surface area contributed by atoms with E-state index in [4.69, 9.17) is 10.8 Å². The Labute approximate surface area is 55.5 Å². The highest BCUT2D eigenvalue weighted by molar-refractivity contribution is 5.73. The van der Waals surface area contributed by atoms with Crippen LogP contribution < -0.4 is 5.73 Å². The molecule has 7 heteroatoms. The zero-order chi connectivity index (χ0) is 8.15. The summed E-state index contributed by atoms with van der Waals surface area (Å²) in [7, 11) is 0. The molecule has 0 aliphatic carbocycles. The molecule has 3 N–H and O–H groups in total. The van der Waals surface area contributed by atoms with Crippen LogP contribution in [0.5, 0.6) is 0 Å². The highest BCUT2D eigenvalue weighted by atomic mass is 16.9. The summed E-state index contributed by atoms with van der Waals surface area (Å²) < 4.78 is 0. The second kappa shape index (κ2) is 3.62. The lowest BCUT2D eigenvalue weighted by atomic mass is 10.3. The molecule has 0 aliphatic heterocycles. The average Bonchev–Trinajstić information content (AvgIpc) is 1.82. The molecule has 10 heavy (non-hydrogen) atoms. The topological polar surface area (TPSA) is 116 Å². The number of carboxylic acid groups (broad SMARTS) is 1. The Kier molecular flexibility index (Phi) is 3.12. The molecule has 0 saturated carbocycles. The lowest BCUT2D eigenvalue weighted by molar-refractivity contribution is -0.757. The minimum Gasteiger partial charge on any atom is -0.480 e. The van der Waals surface area contributed by atoms with Crippen LogP contribution in [0.15, 0.2) is 0 Å². The van der Waals surface area contributed by atoms with Crippen molar-refractivity contribution in [2.24, 2.45) is 5.73 Å². The first-order chi connectivity index (χ1) is 4.54. The summed E-state index contributed by atoms with van der Waals surface area (Å²) in [5, 5.41) is 16.4. The molecule has 0 amide bonds. The van der Waals surface area contributed by atoms with E-state index in [1.54, 1.807) is 0 Å². The van der Waals surface area contributed by atoms with Crippen molar-refractivity contribution < 1.29 is 19.8 Å². The fourth-order valence-corrected chi connectivity index (χ4v) is 0.212. The number of nitrogens with zero attached hydrogens (tertiary/aromatic N) is 1. The van der Waals surface area contributed by atoms with Gasteiger partial charge in [0.1, 0.15) is 12.6 Å². The molecule has 0 bridgehead atoms. The molecule has 7 nitrogen and oxygen atoms in total. The van der Waals surface area contributed by atoms with Crippen LogP contribution in [0.2, 0.25) is 0 Å². The van der Waals surface area contributed by atoms with E-state index < -0.39 is 23.7 Å². The smallest absolute Gasteiger partial charge is 0.322 e.